The highest BCUT2D eigenvalue weighted by Gasteiger charge is 2.22. The van der Waals surface area contributed by atoms with E-state index in [2.05, 4.69) is 30.6 Å². The molecule has 1 aromatic heterocycles. The molecule has 0 spiro atoms. The van der Waals surface area contributed by atoms with Crippen molar-refractivity contribution in [3.8, 4) is 39.6 Å². The van der Waals surface area contributed by atoms with E-state index in [9.17, 15) is 4.79 Å². The second kappa shape index (κ2) is 10.3. The van der Waals surface area contributed by atoms with Crippen molar-refractivity contribution in [1.82, 2.24) is 4.57 Å². The van der Waals surface area contributed by atoms with Crippen molar-refractivity contribution in [2.45, 2.75) is 13.8 Å². The third kappa shape index (κ3) is 4.85. The summed E-state index contributed by atoms with van der Waals surface area (Å²) in [5.74, 6) is 1.18. The Morgan fingerprint density at radius 1 is 0.771 bits per heavy atom. The van der Waals surface area contributed by atoms with Crippen LogP contribution in [0, 0.1) is 0 Å². The predicted octanol–water partition coefficient (Wildman–Crippen LogP) is 7.04. The van der Waals surface area contributed by atoms with Crippen molar-refractivity contribution in [1.29, 1.82) is 0 Å². The van der Waals surface area contributed by atoms with Gasteiger partial charge in [-0.2, -0.15) is 0 Å². The highest BCUT2D eigenvalue weighted by atomic mass is 16.5. The fourth-order valence-electron chi connectivity index (χ4n) is 4.17. The lowest BCUT2D eigenvalue weighted by atomic mass is 10.0. The lowest BCUT2D eigenvalue weighted by Crippen LogP contribution is -2.09. The number of aromatic nitrogens is 1. The Balaban J connectivity index is 2.09. The first-order valence-corrected chi connectivity index (χ1v) is 11.3. The zero-order valence-corrected chi connectivity index (χ0v) is 20.7. The molecule has 0 aliphatic rings. The van der Waals surface area contributed by atoms with Crippen LogP contribution in [0.5, 0.6) is 11.5 Å². The summed E-state index contributed by atoms with van der Waals surface area (Å²) in [6, 6.07) is 25.6. The maximum absolute atomic E-state index is 12.7. The molecule has 4 aromatic rings. The summed E-state index contributed by atoms with van der Waals surface area (Å²) in [4.78, 5) is 12.7. The van der Waals surface area contributed by atoms with Gasteiger partial charge in [-0.3, -0.25) is 0 Å². The van der Waals surface area contributed by atoms with Crippen LogP contribution in [0.25, 0.3) is 34.1 Å². The van der Waals surface area contributed by atoms with Crippen molar-refractivity contribution in [3.63, 3.8) is 0 Å². The van der Waals surface area contributed by atoms with E-state index in [1.54, 1.807) is 20.3 Å². The highest BCUT2D eigenvalue weighted by molar-refractivity contribution is 5.95. The molecule has 35 heavy (non-hydrogen) atoms. The van der Waals surface area contributed by atoms with Gasteiger partial charge in [0, 0.05) is 11.3 Å². The normalized spacial score (nSPS) is 10.5. The summed E-state index contributed by atoms with van der Waals surface area (Å²) < 4.78 is 18.0. The summed E-state index contributed by atoms with van der Waals surface area (Å²) in [6.07, 6.45) is 2.12. The van der Waals surface area contributed by atoms with Crippen LogP contribution in [0.1, 0.15) is 29.9 Å². The molecule has 0 N–H and O–H groups in total. The van der Waals surface area contributed by atoms with Crippen molar-refractivity contribution in [3.05, 3.63) is 95.7 Å². The van der Waals surface area contributed by atoms with Gasteiger partial charge in [-0.25, -0.2) is 4.79 Å². The Morgan fingerprint density at radius 3 is 1.89 bits per heavy atom. The van der Waals surface area contributed by atoms with Gasteiger partial charge in [-0.05, 0) is 85.6 Å². The van der Waals surface area contributed by atoms with Crippen LogP contribution in [-0.4, -0.2) is 31.9 Å². The number of nitrogens with zero attached hydrogens (tertiary/aromatic N) is 1. The molecule has 1 heterocycles. The van der Waals surface area contributed by atoms with E-state index in [-0.39, 0.29) is 5.97 Å². The fourth-order valence-corrected chi connectivity index (χ4v) is 4.17. The van der Waals surface area contributed by atoms with Gasteiger partial charge in [0.2, 0.25) is 0 Å². The van der Waals surface area contributed by atoms with Crippen LogP contribution in [0.15, 0.2) is 84.4 Å². The number of carbonyl (C=O) groups excluding carboxylic acids is 1. The Labute approximate surface area is 206 Å². The average Bonchev–Trinajstić information content (AvgIpc) is 3.26. The standard InChI is InChI=1S/C30H29NO4/c1-20(2)18-23-19-27(21-10-14-24(33-3)15-11-21)29(22-12-16-25(34-4)17-13-22)31(23)28-9-7-6-8-26(28)30(32)35-5/h6-19H,1-5H3. The predicted molar refractivity (Wildman–Crippen MR) is 140 cm³/mol. The number of benzene rings is 3. The number of ether oxygens (including phenoxy) is 3. The van der Waals surface area contributed by atoms with Crippen LogP contribution in [-0.2, 0) is 4.74 Å². The Bertz CT molecular complexity index is 1360. The van der Waals surface area contributed by atoms with Crippen LogP contribution in [0.3, 0.4) is 0 Å². The van der Waals surface area contributed by atoms with E-state index in [0.717, 1.165) is 50.8 Å². The Morgan fingerprint density at radius 2 is 1.34 bits per heavy atom. The molecule has 0 saturated carbocycles. The molecular formula is C30H29NO4. The molecule has 4 rings (SSSR count). The van der Waals surface area contributed by atoms with E-state index in [1.165, 1.54) is 7.11 Å². The summed E-state index contributed by atoms with van der Waals surface area (Å²) >= 11 is 0. The molecule has 0 aliphatic heterocycles. The molecule has 0 bridgehead atoms. The number of hydrogen-bond donors (Lipinski definition) is 0. The first-order chi connectivity index (χ1) is 17.0. The smallest absolute Gasteiger partial charge is 0.339 e. The molecule has 0 radical (unpaired) electrons. The number of allylic oxidation sites excluding steroid dienone is 1. The van der Waals surface area contributed by atoms with Gasteiger partial charge in [-0.15, -0.1) is 0 Å². The number of rotatable bonds is 7. The third-order valence-electron chi connectivity index (χ3n) is 5.78. The molecule has 0 amide bonds. The number of hydrogen-bond acceptors (Lipinski definition) is 4. The van der Waals surface area contributed by atoms with Gasteiger partial charge in [0.15, 0.2) is 0 Å². The number of para-hydroxylation sites is 1. The van der Waals surface area contributed by atoms with E-state index in [4.69, 9.17) is 14.2 Å². The molecule has 178 valence electrons. The van der Waals surface area contributed by atoms with E-state index < -0.39 is 0 Å². The molecule has 0 saturated heterocycles. The first-order valence-electron chi connectivity index (χ1n) is 11.3. The Kier molecular flexibility index (Phi) is 7.06. The van der Waals surface area contributed by atoms with Crippen molar-refractivity contribution in [2.24, 2.45) is 0 Å². The van der Waals surface area contributed by atoms with Gasteiger partial charge < -0.3 is 18.8 Å². The number of esters is 1. The van der Waals surface area contributed by atoms with E-state index >= 15 is 0 Å². The summed E-state index contributed by atoms with van der Waals surface area (Å²) in [7, 11) is 4.71. The van der Waals surface area contributed by atoms with Crippen molar-refractivity contribution >= 4 is 12.0 Å². The second-order valence-corrected chi connectivity index (χ2v) is 8.35. The Hall–Kier alpha value is -4.25. The minimum atomic E-state index is -0.385. The molecule has 0 unspecified atom stereocenters. The lowest BCUT2D eigenvalue weighted by molar-refractivity contribution is 0.0601. The minimum absolute atomic E-state index is 0.385. The highest BCUT2D eigenvalue weighted by Crippen LogP contribution is 2.40. The zero-order valence-electron chi connectivity index (χ0n) is 20.7. The summed E-state index contributed by atoms with van der Waals surface area (Å²) in [6.45, 7) is 4.12. The monoisotopic (exact) mass is 467 g/mol. The fraction of sp³-hybridized carbons (Fsp3) is 0.167. The van der Waals surface area contributed by atoms with Gasteiger partial charge in [0.1, 0.15) is 11.5 Å². The van der Waals surface area contributed by atoms with E-state index in [0.29, 0.717) is 5.56 Å². The molecule has 0 aliphatic carbocycles. The molecule has 0 fully saturated rings. The molecular weight excluding hydrogens is 438 g/mol. The minimum Gasteiger partial charge on any atom is -0.497 e. The molecule has 3 aromatic carbocycles. The zero-order chi connectivity index (χ0) is 24.9. The average molecular weight is 468 g/mol. The molecule has 0 atom stereocenters. The van der Waals surface area contributed by atoms with Crippen LogP contribution >= 0.6 is 0 Å². The van der Waals surface area contributed by atoms with E-state index in [1.807, 2.05) is 66.7 Å². The quantitative estimate of drug-likeness (QED) is 0.274. The van der Waals surface area contributed by atoms with Crippen molar-refractivity contribution < 1.29 is 19.0 Å². The topological polar surface area (TPSA) is 49.7 Å². The van der Waals surface area contributed by atoms with Crippen LogP contribution in [0.2, 0.25) is 0 Å². The van der Waals surface area contributed by atoms with Crippen LogP contribution < -0.4 is 9.47 Å². The molecule has 5 heteroatoms. The SMILES string of the molecule is COC(=O)c1ccccc1-n1c(C=C(C)C)cc(-c2ccc(OC)cc2)c1-c1ccc(OC)cc1. The van der Waals surface area contributed by atoms with Crippen molar-refractivity contribution in [2.75, 3.05) is 21.3 Å². The summed E-state index contributed by atoms with van der Waals surface area (Å²) in [5.41, 5.74) is 7.35. The van der Waals surface area contributed by atoms with Crippen LogP contribution in [0.4, 0.5) is 0 Å². The maximum atomic E-state index is 12.7. The van der Waals surface area contributed by atoms with Gasteiger partial charge in [-0.1, -0.05) is 29.8 Å². The van der Waals surface area contributed by atoms with Gasteiger partial charge in [0.25, 0.3) is 0 Å². The lowest BCUT2D eigenvalue weighted by Gasteiger charge is -2.17. The third-order valence-corrected chi connectivity index (χ3v) is 5.78. The second-order valence-electron chi connectivity index (χ2n) is 8.35. The summed E-state index contributed by atoms with van der Waals surface area (Å²) in [5, 5.41) is 0. The maximum Gasteiger partial charge on any atom is 0.339 e. The first kappa shape index (κ1) is 23.9. The number of methoxy groups -OCH3 is 3. The van der Waals surface area contributed by atoms with Gasteiger partial charge in [0.05, 0.1) is 38.3 Å². The number of carbonyl (C=O) groups is 1. The molecule has 5 nitrogen and oxygen atoms in total. The van der Waals surface area contributed by atoms with Gasteiger partial charge >= 0.3 is 5.97 Å². The largest absolute Gasteiger partial charge is 0.497 e.